The summed E-state index contributed by atoms with van der Waals surface area (Å²) in [6.07, 6.45) is 3.63. The Labute approximate surface area is 208 Å². The Morgan fingerprint density at radius 1 is 1.31 bits per heavy atom. The number of hydrogen-bond acceptors (Lipinski definition) is 7. The molecule has 1 aliphatic heterocycles. The zero-order chi connectivity index (χ0) is 25.6. The van der Waals surface area contributed by atoms with Crippen LogP contribution in [0.15, 0.2) is 30.6 Å². The summed E-state index contributed by atoms with van der Waals surface area (Å²) < 4.78 is 8.38. The molecule has 4 rings (SSSR count). The lowest BCUT2D eigenvalue weighted by Crippen LogP contribution is -2.45. The third-order valence-corrected chi connectivity index (χ3v) is 11.8. The van der Waals surface area contributed by atoms with Crippen LogP contribution in [-0.4, -0.2) is 41.2 Å². The smallest absolute Gasteiger partial charge is 0.227 e. The average molecular weight is 490 g/mol. The lowest BCUT2D eigenvalue weighted by Gasteiger charge is -2.39. The number of fused-ring (bicyclic) bond motifs is 1. The van der Waals surface area contributed by atoms with Gasteiger partial charge in [-0.25, -0.2) is 9.97 Å². The lowest BCUT2D eigenvalue weighted by molar-refractivity contribution is 0.220. The van der Waals surface area contributed by atoms with Crippen molar-refractivity contribution in [1.82, 2.24) is 19.7 Å². The summed E-state index contributed by atoms with van der Waals surface area (Å²) in [4.78, 5) is 9.12. The number of rotatable bonds is 6. The fourth-order valence-electron chi connectivity index (χ4n) is 4.03. The summed E-state index contributed by atoms with van der Waals surface area (Å²) in [6, 6.07) is 8.28. The number of nitriles is 1. The highest BCUT2D eigenvalue weighted by Crippen LogP contribution is 2.44. The van der Waals surface area contributed by atoms with Crippen LogP contribution in [0.2, 0.25) is 18.1 Å². The maximum Gasteiger partial charge on any atom is 0.227 e. The molecule has 1 unspecified atom stereocenters. The molecule has 8 nitrogen and oxygen atoms in total. The minimum atomic E-state index is -1.92. The second-order valence-electron chi connectivity index (χ2n) is 11.2. The van der Waals surface area contributed by atoms with Gasteiger partial charge in [0.05, 0.1) is 28.3 Å². The van der Waals surface area contributed by atoms with Gasteiger partial charge in [-0.05, 0) is 48.8 Å². The Hall–Kier alpha value is -3.22. The molecule has 35 heavy (non-hydrogen) atoms. The zero-order valence-corrected chi connectivity index (χ0v) is 22.9. The molecule has 2 aromatic heterocycles. The van der Waals surface area contributed by atoms with Crippen LogP contribution in [0.1, 0.15) is 44.5 Å². The van der Waals surface area contributed by atoms with E-state index in [-0.39, 0.29) is 10.5 Å². The molecule has 0 amide bonds. The van der Waals surface area contributed by atoms with Crippen molar-refractivity contribution in [1.29, 1.82) is 5.26 Å². The second kappa shape index (κ2) is 8.77. The molecule has 0 spiro atoms. The van der Waals surface area contributed by atoms with Crippen molar-refractivity contribution in [3.05, 3.63) is 47.4 Å². The highest BCUT2D eigenvalue weighted by molar-refractivity contribution is 6.74. The molecule has 2 N–H and O–H groups in total. The van der Waals surface area contributed by atoms with Gasteiger partial charge in [0.25, 0.3) is 0 Å². The van der Waals surface area contributed by atoms with Crippen molar-refractivity contribution in [3.63, 3.8) is 0 Å². The fourth-order valence-corrected chi connectivity index (χ4v) is 5.14. The molecule has 3 aromatic rings. The second-order valence-corrected chi connectivity index (χ2v) is 16.0. The highest BCUT2D eigenvalue weighted by atomic mass is 28.4. The largest absolute Gasteiger partial charge is 0.416 e. The van der Waals surface area contributed by atoms with E-state index in [0.29, 0.717) is 18.1 Å². The monoisotopic (exact) mass is 489 g/mol. The first-order chi connectivity index (χ1) is 16.3. The minimum absolute atomic E-state index is 0.134. The summed E-state index contributed by atoms with van der Waals surface area (Å²) in [6.45, 7) is 16.8. The topological polar surface area (TPSA) is 101 Å². The number of nitrogens with one attached hydrogen (secondary N) is 2. The van der Waals surface area contributed by atoms with Gasteiger partial charge in [0.2, 0.25) is 5.95 Å². The Morgan fingerprint density at radius 2 is 2.06 bits per heavy atom. The first-order valence-electron chi connectivity index (χ1n) is 11.9. The Balaban J connectivity index is 1.68. The van der Waals surface area contributed by atoms with Crippen molar-refractivity contribution < 1.29 is 4.43 Å². The molecule has 184 valence electrons. The minimum Gasteiger partial charge on any atom is -0.416 e. The van der Waals surface area contributed by atoms with E-state index in [2.05, 4.69) is 73.6 Å². The molecule has 0 aliphatic carbocycles. The van der Waals surface area contributed by atoms with Gasteiger partial charge in [-0.15, -0.1) is 0 Å². The number of aromatic nitrogens is 4. The third-order valence-electron chi connectivity index (χ3n) is 7.33. The number of nitrogens with zero attached hydrogens (tertiary/aromatic N) is 5. The third kappa shape index (κ3) is 4.81. The molecule has 1 aromatic carbocycles. The first kappa shape index (κ1) is 24.9. The maximum atomic E-state index is 9.92. The van der Waals surface area contributed by atoms with E-state index >= 15 is 0 Å². The van der Waals surface area contributed by atoms with Crippen molar-refractivity contribution >= 4 is 25.6 Å². The molecule has 1 atom stereocenters. The summed E-state index contributed by atoms with van der Waals surface area (Å²) in [5.74, 6) is 0.486. The molecule has 9 heteroatoms. The molecular weight excluding hydrogens is 454 g/mol. The van der Waals surface area contributed by atoms with E-state index in [1.807, 2.05) is 32.3 Å². The van der Waals surface area contributed by atoms with Crippen LogP contribution in [0, 0.1) is 18.3 Å². The molecule has 3 heterocycles. The van der Waals surface area contributed by atoms with Crippen molar-refractivity contribution in [2.45, 2.75) is 58.2 Å². The Morgan fingerprint density at radius 3 is 2.69 bits per heavy atom. The van der Waals surface area contributed by atoms with Crippen LogP contribution in [0.4, 0.5) is 17.3 Å². The Bertz CT molecular complexity index is 1300. The summed E-state index contributed by atoms with van der Waals surface area (Å²) in [7, 11) is -0.0380. The predicted molar refractivity (Wildman–Crippen MR) is 142 cm³/mol. The summed E-state index contributed by atoms with van der Waals surface area (Å²) in [5, 5.41) is 21.1. The fraction of sp³-hybridized carbons (Fsp3) is 0.462. The molecule has 1 aliphatic rings. The average Bonchev–Trinajstić information content (AvgIpc) is 3.29. The molecule has 0 fully saturated rings. The molecular formula is C26H35N7OSi. The van der Waals surface area contributed by atoms with Crippen LogP contribution in [0.5, 0.6) is 0 Å². The van der Waals surface area contributed by atoms with Crippen LogP contribution < -0.4 is 10.6 Å². The van der Waals surface area contributed by atoms with Gasteiger partial charge in [0.1, 0.15) is 6.07 Å². The lowest BCUT2D eigenvalue weighted by atomic mass is 9.83. The summed E-state index contributed by atoms with van der Waals surface area (Å²) >= 11 is 0. The number of benzene rings is 1. The van der Waals surface area contributed by atoms with Crippen molar-refractivity contribution in [2.24, 2.45) is 7.05 Å². The molecule has 0 saturated carbocycles. The number of aryl methyl sites for hydroxylation is 2. The molecule has 0 radical (unpaired) electrons. The van der Waals surface area contributed by atoms with Gasteiger partial charge >= 0.3 is 0 Å². The normalized spacial score (nSPS) is 17.6. The quantitative estimate of drug-likeness (QED) is 0.441. The van der Waals surface area contributed by atoms with Crippen LogP contribution >= 0.6 is 0 Å². The van der Waals surface area contributed by atoms with E-state index in [1.165, 1.54) is 0 Å². The van der Waals surface area contributed by atoms with E-state index < -0.39 is 8.32 Å². The van der Waals surface area contributed by atoms with Gasteiger partial charge in [0, 0.05) is 43.6 Å². The van der Waals surface area contributed by atoms with Crippen LogP contribution in [0.25, 0.3) is 11.3 Å². The maximum absolute atomic E-state index is 9.92. The van der Waals surface area contributed by atoms with Gasteiger partial charge in [-0.1, -0.05) is 27.7 Å². The van der Waals surface area contributed by atoms with E-state index in [1.54, 1.807) is 10.9 Å². The number of hydrogen-bond donors (Lipinski definition) is 2. The van der Waals surface area contributed by atoms with Crippen LogP contribution in [0.3, 0.4) is 0 Å². The molecule has 0 saturated heterocycles. The number of anilines is 3. The predicted octanol–water partition coefficient (Wildman–Crippen LogP) is 5.51. The standard InChI is InChI=1S/C26H35N7OSi/c1-17-22(14-33(6)32-17)31-24-28-10-9-21(30-24)18-11-19(13-27)23-20(12-18)26(5,15-29-23)16-34-35(7,8)25(2,3)4/h9-12,14,29H,15-16H2,1-8H3,(H,28,30,31). The van der Waals surface area contributed by atoms with E-state index in [9.17, 15) is 5.26 Å². The van der Waals surface area contributed by atoms with Gasteiger partial charge in [-0.2, -0.15) is 10.4 Å². The highest BCUT2D eigenvalue weighted by Gasteiger charge is 2.42. The van der Waals surface area contributed by atoms with E-state index in [0.717, 1.165) is 40.4 Å². The zero-order valence-electron chi connectivity index (χ0n) is 21.9. The Kier molecular flexibility index (Phi) is 6.24. The molecule has 0 bridgehead atoms. The van der Waals surface area contributed by atoms with Crippen molar-refractivity contribution in [2.75, 3.05) is 23.8 Å². The van der Waals surface area contributed by atoms with E-state index in [4.69, 9.17) is 9.41 Å². The van der Waals surface area contributed by atoms with Gasteiger partial charge < -0.3 is 15.1 Å². The van der Waals surface area contributed by atoms with Crippen LogP contribution in [-0.2, 0) is 16.9 Å². The van der Waals surface area contributed by atoms with Crippen molar-refractivity contribution in [3.8, 4) is 17.3 Å². The van der Waals surface area contributed by atoms with Gasteiger partial charge in [0.15, 0.2) is 8.32 Å². The first-order valence-corrected chi connectivity index (χ1v) is 14.8. The summed E-state index contributed by atoms with van der Waals surface area (Å²) in [5.41, 5.74) is 5.74. The SMILES string of the molecule is Cc1nn(C)cc1Nc1nccc(-c2cc(C#N)c3c(c2)C(C)(CO[Si](C)(C)C(C)(C)C)CN3)n1. The van der Waals surface area contributed by atoms with Gasteiger partial charge in [-0.3, -0.25) is 4.68 Å².